The molecule has 0 aromatic heterocycles. The Kier molecular flexibility index (Phi) is 4.01. The van der Waals surface area contributed by atoms with Crippen molar-refractivity contribution in [3.8, 4) is 0 Å². The van der Waals surface area contributed by atoms with Crippen molar-refractivity contribution in [3.05, 3.63) is 59.7 Å². The van der Waals surface area contributed by atoms with E-state index < -0.39 is 5.41 Å². The average Bonchev–Trinajstić information content (AvgIpc) is 2.75. The smallest absolute Gasteiger partial charge is 0.319 e. The van der Waals surface area contributed by atoms with Gasteiger partial charge in [0.15, 0.2) is 0 Å². The van der Waals surface area contributed by atoms with Crippen LogP contribution in [0.2, 0.25) is 0 Å². The van der Waals surface area contributed by atoms with Crippen LogP contribution in [0.4, 0.5) is 16.2 Å². The van der Waals surface area contributed by atoms with Crippen molar-refractivity contribution in [1.29, 1.82) is 0 Å². The van der Waals surface area contributed by atoms with Gasteiger partial charge in [0, 0.05) is 25.0 Å². The zero-order chi connectivity index (χ0) is 17.3. The van der Waals surface area contributed by atoms with Gasteiger partial charge in [-0.3, -0.25) is 4.79 Å². The molecule has 0 bridgehead atoms. The third-order valence-corrected chi connectivity index (χ3v) is 4.42. The van der Waals surface area contributed by atoms with Gasteiger partial charge in [-0.25, -0.2) is 4.79 Å². The van der Waals surface area contributed by atoms with E-state index in [2.05, 4.69) is 10.6 Å². The number of nitrogens with zero attached hydrogens (tertiary/aromatic N) is 1. The Labute approximate surface area is 141 Å². The summed E-state index contributed by atoms with van der Waals surface area (Å²) < 4.78 is 0. The van der Waals surface area contributed by atoms with Crippen molar-refractivity contribution in [3.63, 3.8) is 0 Å². The molecule has 0 radical (unpaired) electrons. The number of hydrogen-bond donors (Lipinski definition) is 2. The second-order valence-electron chi connectivity index (χ2n) is 6.51. The first kappa shape index (κ1) is 16.1. The Balaban J connectivity index is 1.70. The van der Waals surface area contributed by atoms with Crippen molar-refractivity contribution < 1.29 is 9.59 Å². The van der Waals surface area contributed by atoms with Crippen LogP contribution in [0.3, 0.4) is 0 Å². The molecule has 124 valence electrons. The van der Waals surface area contributed by atoms with Crippen LogP contribution in [0, 0.1) is 0 Å². The van der Waals surface area contributed by atoms with Crippen LogP contribution >= 0.6 is 0 Å². The molecule has 0 saturated carbocycles. The summed E-state index contributed by atoms with van der Waals surface area (Å²) in [4.78, 5) is 26.0. The van der Waals surface area contributed by atoms with Gasteiger partial charge in [0.05, 0.1) is 5.41 Å². The molecule has 1 heterocycles. The highest BCUT2D eigenvalue weighted by Gasteiger charge is 2.42. The Morgan fingerprint density at radius 1 is 1.12 bits per heavy atom. The minimum absolute atomic E-state index is 0.0585. The van der Waals surface area contributed by atoms with Crippen LogP contribution in [-0.2, 0) is 16.8 Å². The van der Waals surface area contributed by atoms with E-state index in [-0.39, 0.29) is 11.9 Å². The van der Waals surface area contributed by atoms with Gasteiger partial charge in [0.2, 0.25) is 5.91 Å². The van der Waals surface area contributed by atoms with E-state index in [0.717, 1.165) is 16.8 Å². The second kappa shape index (κ2) is 6.00. The van der Waals surface area contributed by atoms with Crippen molar-refractivity contribution in [2.45, 2.75) is 25.8 Å². The van der Waals surface area contributed by atoms with Crippen LogP contribution in [-0.4, -0.2) is 19.0 Å². The number of amides is 3. The molecule has 3 amide bonds. The number of anilines is 2. The van der Waals surface area contributed by atoms with E-state index >= 15 is 0 Å². The second-order valence-corrected chi connectivity index (χ2v) is 6.51. The van der Waals surface area contributed by atoms with Gasteiger partial charge in [-0.05, 0) is 43.2 Å². The Morgan fingerprint density at radius 2 is 1.83 bits per heavy atom. The molecule has 2 N–H and O–H groups in total. The number of likely N-dealkylation sites (N-methyl/N-ethyl adjacent to an activating group) is 1. The molecule has 0 aliphatic carbocycles. The zero-order valence-electron chi connectivity index (χ0n) is 14.1. The number of hydrogen-bond acceptors (Lipinski definition) is 2. The third kappa shape index (κ3) is 2.85. The molecule has 0 fully saturated rings. The molecule has 0 saturated heterocycles. The van der Waals surface area contributed by atoms with Gasteiger partial charge in [0.1, 0.15) is 0 Å². The van der Waals surface area contributed by atoms with E-state index in [0.29, 0.717) is 12.2 Å². The molecule has 3 rings (SSSR count). The van der Waals surface area contributed by atoms with Gasteiger partial charge >= 0.3 is 6.03 Å². The standard InChI is InChI=1S/C19H21N3O2/c1-19(2)15-11-14(9-10-16(15)22(3)17(19)23)21-18(24)20-12-13-7-5-4-6-8-13/h4-11H,12H2,1-3H3,(H2,20,21,24). The summed E-state index contributed by atoms with van der Waals surface area (Å²) in [6.07, 6.45) is 0. The predicted molar refractivity (Wildman–Crippen MR) is 95.2 cm³/mol. The first-order valence-electron chi connectivity index (χ1n) is 7.91. The fourth-order valence-electron chi connectivity index (χ4n) is 3.00. The van der Waals surface area contributed by atoms with Gasteiger partial charge in [0.25, 0.3) is 0 Å². The molecule has 2 aromatic rings. The lowest BCUT2D eigenvalue weighted by Gasteiger charge is -2.17. The molecule has 24 heavy (non-hydrogen) atoms. The van der Waals surface area contributed by atoms with E-state index in [1.165, 1.54) is 0 Å². The lowest BCUT2D eigenvalue weighted by molar-refractivity contribution is -0.121. The lowest BCUT2D eigenvalue weighted by Crippen LogP contribution is -2.33. The van der Waals surface area contributed by atoms with Crippen LogP contribution < -0.4 is 15.5 Å². The summed E-state index contributed by atoms with van der Waals surface area (Å²) in [5.74, 6) is 0.0585. The fraction of sp³-hybridized carbons (Fsp3) is 0.263. The largest absolute Gasteiger partial charge is 0.334 e. The molecule has 0 atom stereocenters. The predicted octanol–water partition coefficient (Wildman–Crippen LogP) is 3.26. The average molecular weight is 323 g/mol. The summed E-state index contributed by atoms with van der Waals surface area (Å²) in [6.45, 7) is 4.26. The van der Waals surface area contributed by atoms with Gasteiger partial charge < -0.3 is 15.5 Å². The highest BCUT2D eigenvalue weighted by Crippen LogP contribution is 2.41. The number of rotatable bonds is 3. The highest BCUT2D eigenvalue weighted by molar-refractivity contribution is 6.07. The topological polar surface area (TPSA) is 61.4 Å². The van der Waals surface area contributed by atoms with Crippen molar-refractivity contribution in [2.75, 3.05) is 17.3 Å². The lowest BCUT2D eigenvalue weighted by atomic mass is 9.86. The maximum atomic E-state index is 12.3. The molecular weight excluding hydrogens is 302 g/mol. The molecule has 0 unspecified atom stereocenters. The first-order chi connectivity index (χ1) is 11.4. The number of carbonyl (C=O) groups is 2. The summed E-state index contributed by atoms with van der Waals surface area (Å²) in [7, 11) is 1.77. The Bertz CT molecular complexity index is 784. The summed E-state index contributed by atoms with van der Waals surface area (Å²) in [5.41, 5.74) is 2.95. The van der Waals surface area contributed by atoms with E-state index in [9.17, 15) is 9.59 Å². The fourth-order valence-corrected chi connectivity index (χ4v) is 3.00. The summed E-state index contributed by atoms with van der Waals surface area (Å²) >= 11 is 0. The molecule has 1 aliphatic heterocycles. The number of nitrogens with one attached hydrogen (secondary N) is 2. The maximum absolute atomic E-state index is 12.3. The quantitative estimate of drug-likeness (QED) is 0.911. The van der Waals surface area contributed by atoms with Crippen LogP contribution in [0.1, 0.15) is 25.0 Å². The Hall–Kier alpha value is -2.82. The first-order valence-corrected chi connectivity index (χ1v) is 7.91. The van der Waals surface area contributed by atoms with Crippen LogP contribution in [0.25, 0.3) is 0 Å². The maximum Gasteiger partial charge on any atom is 0.319 e. The van der Waals surface area contributed by atoms with Crippen LogP contribution in [0.15, 0.2) is 48.5 Å². The number of benzene rings is 2. The number of urea groups is 1. The van der Waals surface area contributed by atoms with Crippen molar-refractivity contribution >= 4 is 23.3 Å². The molecule has 0 spiro atoms. The normalized spacial score (nSPS) is 15.1. The minimum atomic E-state index is -0.581. The monoisotopic (exact) mass is 323 g/mol. The Morgan fingerprint density at radius 3 is 2.54 bits per heavy atom. The summed E-state index contributed by atoms with van der Waals surface area (Å²) in [6, 6.07) is 15.0. The molecule has 1 aliphatic rings. The summed E-state index contributed by atoms with van der Waals surface area (Å²) in [5, 5.41) is 5.66. The zero-order valence-corrected chi connectivity index (χ0v) is 14.1. The third-order valence-electron chi connectivity index (χ3n) is 4.42. The minimum Gasteiger partial charge on any atom is -0.334 e. The molecular formula is C19H21N3O2. The van der Waals surface area contributed by atoms with E-state index in [4.69, 9.17) is 0 Å². The van der Waals surface area contributed by atoms with Crippen molar-refractivity contribution in [1.82, 2.24) is 5.32 Å². The van der Waals surface area contributed by atoms with Gasteiger partial charge in [-0.15, -0.1) is 0 Å². The SMILES string of the molecule is CN1C(=O)C(C)(C)c2cc(NC(=O)NCc3ccccc3)ccc21. The van der Waals surface area contributed by atoms with Crippen LogP contribution in [0.5, 0.6) is 0 Å². The van der Waals surface area contributed by atoms with E-state index in [1.807, 2.05) is 62.4 Å². The highest BCUT2D eigenvalue weighted by atomic mass is 16.2. The number of carbonyl (C=O) groups excluding carboxylic acids is 2. The molecule has 2 aromatic carbocycles. The number of fused-ring (bicyclic) bond motifs is 1. The molecule has 5 nitrogen and oxygen atoms in total. The van der Waals surface area contributed by atoms with Crippen molar-refractivity contribution in [2.24, 2.45) is 0 Å². The van der Waals surface area contributed by atoms with Gasteiger partial charge in [-0.2, -0.15) is 0 Å². The van der Waals surface area contributed by atoms with Gasteiger partial charge in [-0.1, -0.05) is 30.3 Å². The molecule has 5 heteroatoms. The van der Waals surface area contributed by atoms with E-state index in [1.54, 1.807) is 11.9 Å².